The average molecular weight is 280 g/mol. The largest absolute Gasteiger partial charge is 0.506 e. The zero-order valence-corrected chi connectivity index (χ0v) is 10.9. The highest BCUT2D eigenvalue weighted by Gasteiger charge is 2.19. The zero-order chi connectivity index (χ0) is 14.5. The number of nitrogens with zero attached hydrogens (tertiary/aromatic N) is 1. The van der Waals surface area contributed by atoms with Gasteiger partial charge in [-0.25, -0.2) is 0 Å². The van der Waals surface area contributed by atoms with E-state index in [1.807, 2.05) is 0 Å². The van der Waals surface area contributed by atoms with Gasteiger partial charge in [0.25, 0.3) is 5.69 Å². The molecule has 1 atom stereocenters. The SMILES string of the molecule is O=C(CC1CCCCO1)Nc1ccc([N+](=O)[O-])cc1O. The molecule has 0 spiro atoms. The number of hydrogen-bond acceptors (Lipinski definition) is 5. The van der Waals surface area contributed by atoms with Gasteiger partial charge in [-0.15, -0.1) is 0 Å². The van der Waals surface area contributed by atoms with Gasteiger partial charge >= 0.3 is 0 Å². The van der Waals surface area contributed by atoms with Crippen molar-refractivity contribution in [1.29, 1.82) is 0 Å². The van der Waals surface area contributed by atoms with Crippen LogP contribution in [0, 0.1) is 10.1 Å². The summed E-state index contributed by atoms with van der Waals surface area (Å²) in [4.78, 5) is 21.7. The maximum Gasteiger partial charge on any atom is 0.273 e. The molecule has 0 radical (unpaired) electrons. The predicted molar refractivity (Wildman–Crippen MR) is 71.6 cm³/mol. The number of amides is 1. The van der Waals surface area contributed by atoms with Gasteiger partial charge < -0.3 is 15.2 Å². The van der Waals surface area contributed by atoms with E-state index in [0.29, 0.717) is 6.61 Å². The van der Waals surface area contributed by atoms with E-state index in [1.54, 1.807) is 0 Å². The van der Waals surface area contributed by atoms with Gasteiger partial charge in [-0.1, -0.05) is 0 Å². The molecule has 7 nitrogen and oxygen atoms in total. The fourth-order valence-electron chi connectivity index (χ4n) is 2.12. The molecule has 1 unspecified atom stereocenters. The van der Waals surface area contributed by atoms with E-state index in [9.17, 15) is 20.0 Å². The Kier molecular flexibility index (Phi) is 4.52. The summed E-state index contributed by atoms with van der Waals surface area (Å²) < 4.78 is 5.45. The molecule has 0 aliphatic carbocycles. The van der Waals surface area contributed by atoms with Crippen LogP contribution in [-0.4, -0.2) is 28.6 Å². The van der Waals surface area contributed by atoms with Crippen LogP contribution < -0.4 is 5.32 Å². The van der Waals surface area contributed by atoms with E-state index < -0.39 is 4.92 Å². The quantitative estimate of drug-likeness (QED) is 0.500. The van der Waals surface area contributed by atoms with Crippen molar-refractivity contribution in [3.63, 3.8) is 0 Å². The topological polar surface area (TPSA) is 102 Å². The van der Waals surface area contributed by atoms with E-state index >= 15 is 0 Å². The maximum absolute atomic E-state index is 11.8. The summed E-state index contributed by atoms with van der Waals surface area (Å²) in [7, 11) is 0. The first kappa shape index (κ1) is 14.3. The second-order valence-corrected chi connectivity index (χ2v) is 4.70. The molecular formula is C13H16N2O5. The second kappa shape index (κ2) is 6.33. The van der Waals surface area contributed by atoms with Crippen LogP contribution in [0.3, 0.4) is 0 Å². The van der Waals surface area contributed by atoms with Crippen molar-refractivity contribution in [2.24, 2.45) is 0 Å². The number of nitrogens with one attached hydrogen (secondary N) is 1. The Morgan fingerprint density at radius 3 is 2.90 bits per heavy atom. The van der Waals surface area contributed by atoms with Crippen molar-refractivity contribution in [3.05, 3.63) is 28.3 Å². The minimum atomic E-state index is -0.610. The molecule has 1 amide bonds. The number of nitro groups is 1. The van der Waals surface area contributed by atoms with Gasteiger partial charge in [0.05, 0.1) is 29.2 Å². The van der Waals surface area contributed by atoms with Crippen molar-refractivity contribution < 1.29 is 19.6 Å². The van der Waals surface area contributed by atoms with Gasteiger partial charge in [0, 0.05) is 12.7 Å². The summed E-state index contributed by atoms with van der Waals surface area (Å²) in [6, 6.07) is 3.55. The Labute approximate surface area is 115 Å². The molecule has 1 fully saturated rings. The number of benzene rings is 1. The molecule has 2 rings (SSSR count). The Morgan fingerprint density at radius 2 is 2.30 bits per heavy atom. The lowest BCUT2D eigenvalue weighted by atomic mass is 10.1. The van der Waals surface area contributed by atoms with Gasteiger partial charge in [0.15, 0.2) is 0 Å². The van der Waals surface area contributed by atoms with Crippen LogP contribution in [0.25, 0.3) is 0 Å². The number of nitro benzene ring substituents is 1. The Hall–Kier alpha value is -2.15. The van der Waals surface area contributed by atoms with Gasteiger partial charge in [0.1, 0.15) is 5.75 Å². The van der Waals surface area contributed by atoms with E-state index in [0.717, 1.165) is 25.3 Å². The van der Waals surface area contributed by atoms with Gasteiger partial charge in [-0.05, 0) is 25.3 Å². The van der Waals surface area contributed by atoms with Crippen LogP contribution in [0.4, 0.5) is 11.4 Å². The van der Waals surface area contributed by atoms with Gasteiger partial charge in [0.2, 0.25) is 5.91 Å². The molecule has 1 aromatic rings. The lowest BCUT2D eigenvalue weighted by Gasteiger charge is -2.22. The fraction of sp³-hybridized carbons (Fsp3) is 0.462. The minimum Gasteiger partial charge on any atom is -0.506 e. The van der Waals surface area contributed by atoms with E-state index in [4.69, 9.17) is 4.74 Å². The number of hydrogen-bond donors (Lipinski definition) is 2. The Balaban J connectivity index is 1.95. The summed E-state index contributed by atoms with van der Waals surface area (Å²) in [5.74, 6) is -0.599. The highest BCUT2D eigenvalue weighted by atomic mass is 16.6. The molecule has 1 aliphatic rings. The summed E-state index contributed by atoms with van der Waals surface area (Å²) in [6.07, 6.45) is 3.03. The van der Waals surface area contributed by atoms with Crippen molar-refractivity contribution in [1.82, 2.24) is 0 Å². The number of rotatable bonds is 4. The molecule has 1 aliphatic heterocycles. The number of aromatic hydroxyl groups is 1. The van der Waals surface area contributed by atoms with Crippen molar-refractivity contribution in [2.75, 3.05) is 11.9 Å². The normalized spacial score (nSPS) is 18.5. The van der Waals surface area contributed by atoms with Crippen molar-refractivity contribution in [3.8, 4) is 5.75 Å². The summed E-state index contributed by atoms with van der Waals surface area (Å²) >= 11 is 0. The van der Waals surface area contributed by atoms with Gasteiger partial charge in [-0.3, -0.25) is 14.9 Å². The molecule has 108 valence electrons. The monoisotopic (exact) mass is 280 g/mol. The lowest BCUT2D eigenvalue weighted by Crippen LogP contribution is -2.25. The molecule has 7 heteroatoms. The van der Waals surface area contributed by atoms with Crippen LogP contribution in [0.15, 0.2) is 18.2 Å². The first-order chi connectivity index (χ1) is 9.56. The summed E-state index contributed by atoms with van der Waals surface area (Å²) in [6.45, 7) is 0.667. The lowest BCUT2D eigenvalue weighted by molar-refractivity contribution is -0.384. The smallest absolute Gasteiger partial charge is 0.273 e. The first-order valence-corrected chi connectivity index (χ1v) is 6.45. The van der Waals surface area contributed by atoms with E-state index in [-0.39, 0.29) is 35.6 Å². The number of carbonyl (C=O) groups is 1. The molecule has 0 aromatic heterocycles. The molecule has 1 aromatic carbocycles. The van der Waals surface area contributed by atoms with Crippen molar-refractivity contribution in [2.45, 2.75) is 31.8 Å². The molecule has 2 N–H and O–H groups in total. The number of carbonyl (C=O) groups excluding carboxylic acids is 1. The predicted octanol–water partition coefficient (Wildman–Crippen LogP) is 2.20. The second-order valence-electron chi connectivity index (χ2n) is 4.70. The molecule has 1 saturated heterocycles. The number of phenols is 1. The number of non-ortho nitro benzene ring substituents is 1. The fourth-order valence-corrected chi connectivity index (χ4v) is 2.12. The molecule has 1 heterocycles. The molecule has 0 saturated carbocycles. The van der Waals surface area contributed by atoms with Crippen LogP contribution in [0.1, 0.15) is 25.7 Å². The summed E-state index contributed by atoms with van der Waals surface area (Å²) in [5.41, 5.74) is -0.0625. The third-order valence-electron chi connectivity index (χ3n) is 3.15. The number of phenolic OH excluding ortho intramolecular Hbond substituents is 1. The standard InChI is InChI=1S/C13H16N2O5/c16-12-7-9(15(18)19)4-5-11(12)14-13(17)8-10-3-1-2-6-20-10/h4-5,7,10,16H,1-3,6,8H2,(H,14,17). The zero-order valence-electron chi connectivity index (χ0n) is 10.9. The van der Waals surface area contributed by atoms with Crippen LogP contribution in [0.5, 0.6) is 5.75 Å². The van der Waals surface area contributed by atoms with E-state index in [2.05, 4.69) is 5.32 Å². The maximum atomic E-state index is 11.8. The van der Waals surface area contributed by atoms with Crippen LogP contribution in [0.2, 0.25) is 0 Å². The molecule has 20 heavy (non-hydrogen) atoms. The first-order valence-electron chi connectivity index (χ1n) is 6.45. The van der Waals surface area contributed by atoms with Crippen LogP contribution in [-0.2, 0) is 9.53 Å². The van der Waals surface area contributed by atoms with Gasteiger partial charge in [-0.2, -0.15) is 0 Å². The summed E-state index contributed by atoms with van der Waals surface area (Å²) in [5, 5.41) is 22.7. The molecule has 0 bridgehead atoms. The Morgan fingerprint density at radius 1 is 1.50 bits per heavy atom. The van der Waals surface area contributed by atoms with Crippen LogP contribution >= 0.6 is 0 Å². The van der Waals surface area contributed by atoms with E-state index in [1.165, 1.54) is 12.1 Å². The molecular weight excluding hydrogens is 264 g/mol. The minimum absolute atomic E-state index is 0.0936. The highest BCUT2D eigenvalue weighted by Crippen LogP contribution is 2.28. The number of ether oxygens (including phenoxy) is 1. The average Bonchev–Trinajstić information content (AvgIpc) is 2.42. The van der Waals surface area contributed by atoms with Crippen molar-refractivity contribution >= 4 is 17.3 Å². The third-order valence-corrected chi connectivity index (χ3v) is 3.15. The number of anilines is 1. The highest BCUT2D eigenvalue weighted by molar-refractivity contribution is 5.92. The Bertz CT molecular complexity index is 511. The third kappa shape index (κ3) is 3.67.